The summed E-state index contributed by atoms with van der Waals surface area (Å²) in [5.41, 5.74) is 9.41. The Hall–Kier alpha value is -2.73. The van der Waals surface area contributed by atoms with Gasteiger partial charge in [-0.1, -0.05) is 12.1 Å². The van der Waals surface area contributed by atoms with E-state index in [4.69, 9.17) is 9.47 Å². The van der Waals surface area contributed by atoms with Crippen LogP contribution in [-0.4, -0.2) is 39.9 Å². The highest BCUT2D eigenvalue weighted by Gasteiger charge is 2.45. The molecule has 0 bridgehead atoms. The zero-order chi connectivity index (χ0) is 21.8. The van der Waals surface area contributed by atoms with E-state index in [0.717, 1.165) is 5.56 Å². The third kappa shape index (κ3) is 2.85. The summed E-state index contributed by atoms with van der Waals surface area (Å²) < 4.78 is 16.8. The van der Waals surface area contributed by atoms with Gasteiger partial charge in [0.05, 0.1) is 19.3 Å². The predicted octanol–water partition coefficient (Wildman–Crippen LogP) is 4.39. The fraction of sp³-hybridized carbons (Fsp3) is 0.375. The number of allylic oxidation sites excluding steroid dienone is 2. The number of methoxy groups -OCH3 is 1. The molecule has 30 heavy (non-hydrogen) atoms. The van der Waals surface area contributed by atoms with Gasteiger partial charge in [0.1, 0.15) is 12.3 Å². The molecule has 2 aromatic rings. The molecule has 0 amide bonds. The van der Waals surface area contributed by atoms with Gasteiger partial charge in [-0.05, 0) is 44.2 Å². The molecule has 0 atom stereocenters. The SMILES string of the molecule is COc1cccc(CO)c1OCC1=C2C(C)=CC(C)=[N+]2[B-](C)(C)n2c(C)cc(C)c21. The van der Waals surface area contributed by atoms with Gasteiger partial charge < -0.3 is 23.5 Å². The van der Waals surface area contributed by atoms with Crippen LogP contribution in [0.3, 0.4) is 0 Å². The van der Waals surface area contributed by atoms with Crippen molar-refractivity contribution in [1.82, 2.24) is 4.48 Å². The van der Waals surface area contributed by atoms with Crippen molar-refractivity contribution in [3.05, 3.63) is 64.1 Å². The molecule has 0 aliphatic carbocycles. The zero-order valence-corrected chi connectivity index (χ0v) is 19.0. The first-order valence-electron chi connectivity index (χ1n) is 10.6. The fourth-order valence-electron chi connectivity index (χ4n) is 5.55. The maximum absolute atomic E-state index is 9.81. The highest BCUT2D eigenvalue weighted by molar-refractivity contribution is 6.69. The molecule has 1 N–H and O–H groups in total. The summed E-state index contributed by atoms with van der Waals surface area (Å²) in [7, 11) is 1.62. The van der Waals surface area contributed by atoms with Gasteiger partial charge in [0, 0.05) is 29.8 Å². The third-order valence-corrected chi connectivity index (χ3v) is 6.49. The van der Waals surface area contributed by atoms with E-state index in [9.17, 15) is 5.11 Å². The van der Waals surface area contributed by atoms with E-state index in [-0.39, 0.29) is 6.61 Å². The number of rotatable bonds is 5. The second-order valence-electron chi connectivity index (χ2n) is 8.97. The number of nitrogens with zero attached hydrogens (tertiary/aromatic N) is 2. The minimum absolute atomic E-state index is 0.0962. The van der Waals surface area contributed by atoms with Crippen LogP contribution in [0.4, 0.5) is 0 Å². The smallest absolute Gasteiger partial charge is 0.372 e. The number of aliphatic hydroxyl groups is 1. The Morgan fingerprint density at radius 3 is 2.53 bits per heavy atom. The van der Waals surface area contributed by atoms with Crippen molar-refractivity contribution in [3.8, 4) is 11.5 Å². The van der Waals surface area contributed by atoms with Crippen molar-refractivity contribution in [2.24, 2.45) is 0 Å². The molecule has 2 aliphatic heterocycles. The van der Waals surface area contributed by atoms with Crippen LogP contribution in [-0.2, 0) is 6.61 Å². The molecule has 2 aliphatic rings. The van der Waals surface area contributed by atoms with E-state index >= 15 is 0 Å². The molecular weight excluding hydrogens is 375 g/mol. The molecule has 0 radical (unpaired) electrons. The molecule has 0 saturated heterocycles. The van der Waals surface area contributed by atoms with Crippen molar-refractivity contribution < 1.29 is 19.1 Å². The van der Waals surface area contributed by atoms with Crippen LogP contribution in [0.2, 0.25) is 13.6 Å². The second kappa shape index (κ2) is 7.20. The van der Waals surface area contributed by atoms with Gasteiger partial charge >= 0.3 is 6.42 Å². The summed E-state index contributed by atoms with van der Waals surface area (Å²) in [4.78, 5) is 0. The molecule has 3 heterocycles. The average Bonchev–Trinajstić information content (AvgIpc) is 3.17. The Bertz CT molecular complexity index is 1110. The van der Waals surface area contributed by atoms with Gasteiger partial charge in [0.25, 0.3) is 0 Å². The molecule has 4 rings (SSSR count). The van der Waals surface area contributed by atoms with Gasteiger partial charge in [0.2, 0.25) is 0 Å². The summed E-state index contributed by atoms with van der Waals surface area (Å²) in [6, 6.07) is 7.86. The van der Waals surface area contributed by atoms with E-state index in [1.165, 1.54) is 39.5 Å². The number of aromatic nitrogens is 1. The molecule has 158 valence electrons. The van der Waals surface area contributed by atoms with Gasteiger partial charge in [-0.2, -0.15) is 0 Å². The fourth-order valence-corrected chi connectivity index (χ4v) is 5.55. The Balaban J connectivity index is 1.89. The quantitative estimate of drug-likeness (QED) is 0.750. The van der Waals surface area contributed by atoms with Gasteiger partial charge in [-0.15, -0.1) is 13.6 Å². The zero-order valence-electron chi connectivity index (χ0n) is 19.0. The summed E-state index contributed by atoms with van der Waals surface area (Å²) in [5, 5.41) is 9.81. The Morgan fingerprint density at radius 1 is 1.13 bits per heavy atom. The van der Waals surface area contributed by atoms with Crippen LogP contribution >= 0.6 is 0 Å². The molecule has 0 spiro atoms. The van der Waals surface area contributed by atoms with Gasteiger partial charge in [-0.25, -0.2) is 0 Å². The Kier molecular flexibility index (Phi) is 4.93. The lowest BCUT2D eigenvalue weighted by Crippen LogP contribution is -2.53. The van der Waals surface area contributed by atoms with Gasteiger partial charge in [0.15, 0.2) is 17.2 Å². The second-order valence-corrected chi connectivity index (χ2v) is 8.97. The lowest BCUT2D eigenvalue weighted by atomic mass is 9.48. The molecule has 6 heteroatoms. The van der Waals surface area contributed by atoms with Crippen LogP contribution in [0.15, 0.2) is 41.6 Å². The lowest BCUT2D eigenvalue weighted by Gasteiger charge is -2.40. The Morgan fingerprint density at radius 2 is 1.87 bits per heavy atom. The summed E-state index contributed by atoms with van der Waals surface area (Å²) in [5.74, 6) is 1.24. The number of para-hydroxylation sites is 1. The van der Waals surface area contributed by atoms with Crippen LogP contribution in [0, 0.1) is 13.8 Å². The van der Waals surface area contributed by atoms with Crippen LogP contribution < -0.4 is 9.47 Å². The predicted molar refractivity (Wildman–Crippen MR) is 123 cm³/mol. The van der Waals surface area contributed by atoms with Crippen molar-refractivity contribution in [1.29, 1.82) is 0 Å². The van der Waals surface area contributed by atoms with E-state index in [1.54, 1.807) is 7.11 Å². The number of fused-ring (bicyclic) bond motifs is 2. The summed E-state index contributed by atoms with van der Waals surface area (Å²) >= 11 is 0. The van der Waals surface area contributed by atoms with Crippen LogP contribution in [0.5, 0.6) is 11.5 Å². The van der Waals surface area contributed by atoms with Crippen molar-refractivity contribution in [2.45, 2.75) is 47.9 Å². The highest BCUT2D eigenvalue weighted by atomic mass is 16.5. The van der Waals surface area contributed by atoms with E-state index in [0.29, 0.717) is 18.1 Å². The maximum Gasteiger partial charge on any atom is 0.372 e. The first-order valence-corrected chi connectivity index (χ1v) is 10.6. The molecular formula is C24H31BN2O3. The first-order chi connectivity index (χ1) is 14.2. The number of ether oxygens (including phenoxy) is 2. The van der Waals surface area contributed by atoms with E-state index in [2.05, 4.69) is 62.4 Å². The molecule has 0 fully saturated rings. The van der Waals surface area contributed by atoms with Crippen molar-refractivity contribution in [3.63, 3.8) is 0 Å². The molecule has 1 aromatic heterocycles. The topological polar surface area (TPSA) is 46.6 Å². The molecule has 5 nitrogen and oxygen atoms in total. The number of benzene rings is 1. The monoisotopic (exact) mass is 406 g/mol. The van der Waals surface area contributed by atoms with Crippen molar-refractivity contribution in [2.75, 3.05) is 13.7 Å². The molecule has 1 aromatic carbocycles. The third-order valence-electron chi connectivity index (χ3n) is 6.49. The first kappa shape index (κ1) is 20.5. The van der Waals surface area contributed by atoms with Gasteiger partial charge in [-0.3, -0.25) is 0 Å². The van der Waals surface area contributed by atoms with Crippen LogP contribution in [0.25, 0.3) is 5.57 Å². The lowest BCUT2D eigenvalue weighted by molar-refractivity contribution is -0.336. The maximum atomic E-state index is 9.81. The molecule has 0 unspecified atom stereocenters. The normalized spacial score (nSPS) is 17.1. The van der Waals surface area contributed by atoms with E-state index in [1.807, 2.05) is 18.2 Å². The highest BCUT2D eigenvalue weighted by Crippen LogP contribution is 2.41. The largest absolute Gasteiger partial charge is 0.493 e. The minimum atomic E-state index is -1.01. The standard InChI is InChI=1S/C24H31BN2O3/c1-15-11-17(3)26-22(15)20(23-16(2)12-18(4)27(23)25(26,5)6)14-30-24-19(13-28)9-8-10-21(24)29-7/h8-12,28H,13-14H2,1-7H3. The average molecular weight is 406 g/mol. The number of aryl methyl sites for hydroxylation is 2. The summed E-state index contributed by atoms with van der Waals surface area (Å²) in [6.07, 6.45) is 1.26. The van der Waals surface area contributed by atoms with Crippen molar-refractivity contribution >= 4 is 17.7 Å². The minimum Gasteiger partial charge on any atom is -0.493 e. The number of aliphatic hydroxyl groups excluding tert-OH is 1. The Labute approximate surface area is 178 Å². The number of hydrogen-bond acceptors (Lipinski definition) is 3. The van der Waals surface area contributed by atoms with Crippen LogP contribution in [0.1, 0.15) is 36.4 Å². The summed E-state index contributed by atoms with van der Waals surface area (Å²) in [6.45, 7) is 13.7. The molecule has 0 saturated carbocycles. The van der Waals surface area contributed by atoms with E-state index < -0.39 is 6.42 Å². The number of hydrogen-bond donors (Lipinski definition) is 1.